The van der Waals surface area contributed by atoms with Gasteiger partial charge in [-0.15, -0.1) is 0 Å². The van der Waals surface area contributed by atoms with Crippen molar-refractivity contribution < 1.29 is 58.2 Å². The third-order valence-electron chi connectivity index (χ3n) is 6.47. The topological polar surface area (TPSA) is 161 Å². The maximum Gasteiger partial charge on any atom is 0.429 e. The van der Waals surface area contributed by atoms with E-state index in [1.54, 1.807) is 32.9 Å². The van der Waals surface area contributed by atoms with Gasteiger partial charge in [-0.25, -0.2) is 4.79 Å². The molecular formula is C27H35F3O10S2. The van der Waals surface area contributed by atoms with E-state index in [1.807, 2.05) is 0 Å². The lowest BCUT2D eigenvalue weighted by Crippen LogP contribution is -2.51. The maximum absolute atomic E-state index is 13.2. The monoisotopic (exact) mass is 640 g/mol. The van der Waals surface area contributed by atoms with Gasteiger partial charge in [-0.3, -0.25) is 13.9 Å². The van der Waals surface area contributed by atoms with Crippen LogP contribution >= 0.6 is 0 Å². The summed E-state index contributed by atoms with van der Waals surface area (Å²) in [6.07, 6.45) is -3.73. The number of carbonyl (C=O) groups excluding carboxylic acids is 2. The van der Waals surface area contributed by atoms with Crippen LogP contribution in [-0.2, 0) is 29.8 Å². The lowest BCUT2D eigenvalue weighted by atomic mass is 9.91. The average molecular weight is 641 g/mol. The molecule has 0 heterocycles. The number of hydrogen-bond acceptors (Lipinski definition) is 8. The molecule has 236 valence electrons. The van der Waals surface area contributed by atoms with E-state index in [0.717, 1.165) is 24.1 Å². The molecule has 0 aliphatic carbocycles. The van der Waals surface area contributed by atoms with Gasteiger partial charge >= 0.3 is 18.1 Å². The predicted octanol–water partition coefficient (Wildman–Crippen LogP) is 5.84. The second kappa shape index (κ2) is 14.0. The highest BCUT2D eigenvalue weighted by Crippen LogP contribution is 2.35. The van der Waals surface area contributed by atoms with Gasteiger partial charge in [0.1, 0.15) is 11.5 Å². The fraction of sp³-hybridized carbons (Fsp3) is 0.481. The average Bonchev–Trinajstić information content (AvgIpc) is 2.86. The third kappa shape index (κ3) is 11.0. The minimum Gasteiger partial charge on any atom is -0.445 e. The minimum atomic E-state index is -5.25. The number of rotatable bonds is 10. The summed E-state index contributed by atoms with van der Waals surface area (Å²) in [5.41, 5.74) is -3.45. The highest BCUT2D eigenvalue weighted by atomic mass is 32.2. The molecule has 0 spiro atoms. The van der Waals surface area contributed by atoms with Crippen molar-refractivity contribution in [3.63, 3.8) is 0 Å². The SMILES string of the molecule is CCC(C)(C)C(=O)Oc1ccc(C(=O)OC(C)(CS(=O)(=O)O)C(F)(F)F)cc1.CCC(C)c1ccc(S(=O)(=O)O)cc1. The van der Waals surface area contributed by atoms with Gasteiger partial charge in [-0.1, -0.05) is 32.9 Å². The van der Waals surface area contributed by atoms with Crippen LogP contribution < -0.4 is 4.74 Å². The molecular weight excluding hydrogens is 605 g/mol. The number of esters is 2. The molecule has 2 atom stereocenters. The summed E-state index contributed by atoms with van der Waals surface area (Å²) in [5, 5.41) is 0. The van der Waals surface area contributed by atoms with E-state index in [0.29, 0.717) is 19.3 Å². The van der Waals surface area contributed by atoms with Gasteiger partial charge in [0.05, 0.1) is 15.9 Å². The van der Waals surface area contributed by atoms with E-state index in [4.69, 9.17) is 13.8 Å². The van der Waals surface area contributed by atoms with E-state index in [9.17, 15) is 39.6 Å². The summed E-state index contributed by atoms with van der Waals surface area (Å²) in [4.78, 5) is 24.0. The fourth-order valence-corrected chi connectivity index (χ4v) is 4.43. The summed E-state index contributed by atoms with van der Waals surface area (Å²) >= 11 is 0. The number of benzene rings is 2. The molecule has 0 bridgehead atoms. The molecule has 0 amide bonds. The van der Waals surface area contributed by atoms with E-state index in [-0.39, 0.29) is 16.2 Å². The number of halogens is 3. The molecule has 2 aromatic rings. The molecule has 0 radical (unpaired) electrons. The smallest absolute Gasteiger partial charge is 0.429 e. The van der Waals surface area contributed by atoms with Crippen molar-refractivity contribution in [1.29, 1.82) is 0 Å². The maximum atomic E-state index is 13.2. The van der Waals surface area contributed by atoms with Crippen molar-refractivity contribution in [3.8, 4) is 5.75 Å². The Morgan fingerprint density at radius 1 is 0.881 bits per heavy atom. The van der Waals surface area contributed by atoms with Crippen LogP contribution in [0.25, 0.3) is 0 Å². The van der Waals surface area contributed by atoms with Crippen LogP contribution in [0.4, 0.5) is 13.2 Å². The minimum absolute atomic E-state index is 0.0513. The summed E-state index contributed by atoms with van der Waals surface area (Å²) in [7, 11) is -9.14. The van der Waals surface area contributed by atoms with Crippen LogP contribution in [0.3, 0.4) is 0 Å². The Morgan fingerprint density at radius 2 is 1.38 bits per heavy atom. The third-order valence-corrected chi connectivity index (χ3v) is 8.26. The normalized spacial score (nSPS) is 14.5. The second-order valence-corrected chi connectivity index (χ2v) is 13.2. The largest absolute Gasteiger partial charge is 0.445 e. The zero-order valence-electron chi connectivity index (χ0n) is 23.9. The van der Waals surface area contributed by atoms with Gasteiger partial charge in [0, 0.05) is 0 Å². The van der Waals surface area contributed by atoms with Crippen LogP contribution in [0, 0.1) is 5.41 Å². The Balaban J connectivity index is 0.000000525. The Labute approximate surface area is 243 Å². The van der Waals surface area contributed by atoms with Gasteiger partial charge in [0.2, 0.25) is 5.60 Å². The molecule has 42 heavy (non-hydrogen) atoms. The first-order valence-corrected chi connectivity index (χ1v) is 15.7. The van der Waals surface area contributed by atoms with Crippen LogP contribution in [0.5, 0.6) is 5.75 Å². The van der Waals surface area contributed by atoms with Gasteiger partial charge in [-0.05, 0) is 81.5 Å². The number of carbonyl (C=O) groups is 2. The first-order chi connectivity index (χ1) is 19.0. The Bertz CT molecular complexity index is 1430. The standard InChI is InChI=1S/C17H21F3O7S.C10H14O3S/c1-5-15(2,3)14(22)26-12-8-6-11(7-9-12)13(21)27-16(4,17(18,19)20)10-28(23,24)25;1-3-8(2)9-4-6-10(7-5-9)14(11,12)13/h6-9H,5,10H2,1-4H3,(H,23,24,25);4-8H,3H2,1-2H3,(H,11,12,13). The molecule has 2 N–H and O–H groups in total. The van der Waals surface area contributed by atoms with E-state index in [2.05, 4.69) is 18.6 Å². The van der Waals surface area contributed by atoms with Gasteiger partial charge in [0.25, 0.3) is 20.2 Å². The van der Waals surface area contributed by atoms with Crippen LogP contribution in [0.2, 0.25) is 0 Å². The molecule has 2 aromatic carbocycles. The molecule has 10 nitrogen and oxygen atoms in total. The van der Waals surface area contributed by atoms with E-state index < -0.39 is 55.1 Å². The number of ether oxygens (including phenoxy) is 2. The van der Waals surface area contributed by atoms with E-state index >= 15 is 0 Å². The predicted molar refractivity (Wildman–Crippen MR) is 147 cm³/mol. The van der Waals surface area contributed by atoms with Crippen molar-refractivity contribution in [2.24, 2.45) is 5.41 Å². The Morgan fingerprint density at radius 3 is 1.76 bits per heavy atom. The molecule has 0 aromatic heterocycles. The van der Waals surface area contributed by atoms with Gasteiger partial charge in [-0.2, -0.15) is 30.0 Å². The lowest BCUT2D eigenvalue weighted by Gasteiger charge is -2.30. The highest BCUT2D eigenvalue weighted by molar-refractivity contribution is 7.86. The Kier molecular flexibility index (Phi) is 12.3. The summed E-state index contributed by atoms with van der Waals surface area (Å²) in [6, 6.07) is 10.8. The molecule has 15 heteroatoms. The van der Waals surface area contributed by atoms with Gasteiger partial charge < -0.3 is 9.47 Å². The summed E-state index contributed by atoms with van der Waals surface area (Å²) in [5.74, 6) is -3.36. The van der Waals surface area contributed by atoms with Crippen molar-refractivity contribution in [3.05, 3.63) is 59.7 Å². The van der Waals surface area contributed by atoms with Crippen molar-refractivity contribution in [2.75, 3.05) is 5.75 Å². The zero-order valence-corrected chi connectivity index (χ0v) is 25.6. The summed E-state index contributed by atoms with van der Waals surface area (Å²) in [6.45, 7) is 9.62. The van der Waals surface area contributed by atoms with Crippen LogP contribution in [0.1, 0.15) is 76.2 Å². The molecule has 0 aliphatic rings. The lowest BCUT2D eigenvalue weighted by molar-refractivity contribution is -0.243. The summed E-state index contributed by atoms with van der Waals surface area (Å²) < 4.78 is 110. The quantitative estimate of drug-likeness (QED) is 0.183. The first kappa shape index (κ1) is 37.0. The highest BCUT2D eigenvalue weighted by Gasteiger charge is 2.57. The second-order valence-electron chi connectivity index (χ2n) is 10.3. The van der Waals surface area contributed by atoms with Crippen molar-refractivity contribution >= 4 is 32.2 Å². The molecule has 0 saturated heterocycles. The zero-order chi connectivity index (χ0) is 32.7. The molecule has 2 rings (SSSR count). The van der Waals surface area contributed by atoms with Crippen LogP contribution in [-0.4, -0.2) is 55.4 Å². The molecule has 0 saturated carbocycles. The Hall–Kier alpha value is -3.01. The molecule has 0 fully saturated rings. The van der Waals surface area contributed by atoms with Crippen molar-refractivity contribution in [1.82, 2.24) is 0 Å². The number of hydrogen-bond donors (Lipinski definition) is 2. The van der Waals surface area contributed by atoms with Gasteiger partial charge in [0.15, 0.2) is 0 Å². The van der Waals surface area contributed by atoms with Crippen molar-refractivity contribution in [2.45, 2.75) is 77.0 Å². The molecule has 2 unspecified atom stereocenters. The molecule has 0 aliphatic heterocycles. The number of alkyl halides is 3. The fourth-order valence-electron chi connectivity index (χ4n) is 3.03. The van der Waals surface area contributed by atoms with Crippen LogP contribution in [0.15, 0.2) is 53.4 Å². The van der Waals surface area contributed by atoms with E-state index in [1.165, 1.54) is 24.3 Å². The first-order valence-electron chi connectivity index (χ1n) is 12.6.